The molecule has 0 aromatic rings. The summed E-state index contributed by atoms with van der Waals surface area (Å²) in [5.74, 6) is -0.0474. The van der Waals surface area contributed by atoms with Gasteiger partial charge in [0.25, 0.3) is 0 Å². The van der Waals surface area contributed by atoms with Crippen LogP contribution in [0.2, 0.25) is 0 Å². The van der Waals surface area contributed by atoms with Crippen molar-refractivity contribution in [1.82, 2.24) is 5.32 Å². The highest BCUT2D eigenvalue weighted by molar-refractivity contribution is 5.76. The maximum absolute atomic E-state index is 12.4. The molecule has 0 aliphatic carbocycles. The summed E-state index contributed by atoms with van der Waals surface area (Å²) in [6.45, 7) is 4.92. The van der Waals surface area contributed by atoms with Gasteiger partial charge in [0.1, 0.15) is 0 Å². The number of amides is 1. The summed E-state index contributed by atoms with van der Waals surface area (Å²) < 4.78 is 5.47. The topological polar surface area (TPSA) is 95.9 Å². The van der Waals surface area contributed by atoms with Crippen LogP contribution in [0.1, 0.15) is 316 Å². The molecule has 0 aliphatic heterocycles. The molecule has 0 saturated carbocycles. The molecule has 3 N–H and O–H groups in total. The Balaban J connectivity index is 3.43. The average molecular weight is 969 g/mol. The normalized spacial score (nSPS) is 12.9. The molecule has 0 aromatic carbocycles. The second-order valence-electron chi connectivity index (χ2n) is 20.7. The number of carbonyl (C=O) groups excluding carboxylic acids is 2. The fourth-order valence-corrected chi connectivity index (χ4v) is 9.17. The molecule has 404 valence electrons. The lowest BCUT2D eigenvalue weighted by Gasteiger charge is -2.22. The molecule has 0 heterocycles. The molecule has 1 amide bonds. The number of esters is 1. The van der Waals surface area contributed by atoms with E-state index in [1.165, 1.54) is 225 Å². The number of carbonyl (C=O) groups is 2. The molecule has 0 radical (unpaired) electrons. The Morgan fingerprint density at radius 2 is 0.725 bits per heavy atom. The van der Waals surface area contributed by atoms with Crippen molar-refractivity contribution < 1.29 is 24.5 Å². The lowest BCUT2D eigenvalue weighted by atomic mass is 10.0. The van der Waals surface area contributed by atoms with E-state index < -0.39 is 12.1 Å². The van der Waals surface area contributed by atoms with Crippen LogP contribution in [0.4, 0.5) is 0 Å². The summed E-state index contributed by atoms with van der Waals surface area (Å²) >= 11 is 0. The van der Waals surface area contributed by atoms with Gasteiger partial charge in [0.15, 0.2) is 0 Å². The Bertz CT molecular complexity index is 1160. The molecule has 0 bridgehead atoms. The summed E-state index contributed by atoms with van der Waals surface area (Å²) in [6.07, 6.45) is 74.0. The largest absolute Gasteiger partial charge is 0.466 e. The smallest absolute Gasteiger partial charge is 0.305 e. The summed E-state index contributed by atoms with van der Waals surface area (Å²) in [6, 6.07) is -0.545. The summed E-state index contributed by atoms with van der Waals surface area (Å²) in [4.78, 5) is 24.5. The van der Waals surface area contributed by atoms with Crippen LogP contribution < -0.4 is 5.32 Å². The van der Waals surface area contributed by atoms with Crippen LogP contribution in [0.5, 0.6) is 0 Å². The highest BCUT2D eigenvalue weighted by Gasteiger charge is 2.20. The highest BCUT2D eigenvalue weighted by atomic mass is 16.5. The quantitative estimate of drug-likeness (QED) is 0.0321. The van der Waals surface area contributed by atoms with E-state index in [4.69, 9.17) is 4.74 Å². The van der Waals surface area contributed by atoms with Crippen molar-refractivity contribution in [2.24, 2.45) is 0 Å². The van der Waals surface area contributed by atoms with Gasteiger partial charge in [0.05, 0.1) is 25.4 Å². The molecule has 6 heteroatoms. The van der Waals surface area contributed by atoms with Crippen LogP contribution >= 0.6 is 0 Å². The van der Waals surface area contributed by atoms with Gasteiger partial charge in [-0.3, -0.25) is 9.59 Å². The molecule has 0 saturated heterocycles. The third-order valence-electron chi connectivity index (χ3n) is 13.9. The van der Waals surface area contributed by atoms with Crippen LogP contribution in [-0.4, -0.2) is 47.4 Å². The zero-order valence-electron chi connectivity index (χ0n) is 46.0. The van der Waals surface area contributed by atoms with E-state index >= 15 is 0 Å². The third kappa shape index (κ3) is 55.0. The second kappa shape index (κ2) is 58.4. The summed E-state index contributed by atoms with van der Waals surface area (Å²) in [7, 11) is 0. The van der Waals surface area contributed by atoms with Crippen molar-refractivity contribution in [2.75, 3.05) is 13.2 Å². The number of ether oxygens (including phenoxy) is 1. The van der Waals surface area contributed by atoms with Gasteiger partial charge < -0.3 is 20.3 Å². The van der Waals surface area contributed by atoms with Gasteiger partial charge >= 0.3 is 5.97 Å². The van der Waals surface area contributed by atoms with E-state index in [0.29, 0.717) is 25.9 Å². The average Bonchev–Trinajstić information content (AvgIpc) is 3.35. The van der Waals surface area contributed by atoms with Crippen molar-refractivity contribution in [1.29, 1.82) is 0 Å². The van der Waals surface area contributed by atoms with Gasteiger partial charge in [0, 0.05) is 12.8 Å². The first-order chi connectivity index (χ1) is 34.0. The molecule has 0 fully saturated rings. The SMILES string of the molecule is CCCCCC/C=C\C/C=C\CCCCCCCC(=O)OCCCCCCCCCCC/C=C\C/C=C\CCCCCCCCCCCC(=O)NC(CO)C(O)CCCCCCCCCCCCC. The Morgan fingerprint density at radius 3 is 1.12 bits per heavy atom. The number of hydrogen-bond acceptors (Lipinski definition) is 5. The number of aliphatic hydroxyl groups is 2. The zero-order chi connectivity index (χ0) is 50.0. The summed E-state index contributed by atoms with van der Waals surface area (Å²) in [5, 5.41) is 23.2. The minimum atomic E-state index is -0.667. The number of hydrogen-bond donors (Lipinski definition) is 3. The van der Waals surface area contributed by atoms with Gasteiger partial charge in [-0.25, -0.2) is 0 Å². The molecular formula is C63H117NO5. The van der Waals surface area contributed by atoms with Crippen molar-refractivity contribution in [3.63, 3.8) is 0 Å². The maximum atomic E-state index is 12.4. The fourth-order valence-electron chi connectivity index (χ4n) is 9.17. The second-order valence-corrected chi connectivity index (χ2v) is 20.7. The van der Waals surface area contributed by atoms with Crippen LogP contribution in [0, 0.1) is 0 Å². The minimum Gasteiger partial charge on any atom is -0.466 e. The van der Waals surface area contributed by atoms with Gasteiger partial charge in [-0.15, -0.1) is 0 Å². The van der Waals surface area contributed by atoms with E-state index in [2.05, 4.69) is 67.8 Å². The maximum Gasteiger partial charge on any atom is 0.305 e. The van der Waals surface area contributed by atoms with Crippen molar-refractivity contribution in [2.45, 2.75) is 328 Å². The van der Waals surface area contributed by atoms with Crippen LogP contribution in [0.15, 0.2) is 48.6 Å². The monoisotopic (exact) mass is 968 g/mol. The lowest BCUT2D eigenvalue weighted by Crippen LogP contribution is -2.45. The number of rotatable bonds is 56. The standard InChI is InChI=1S/C63H117NO5/c1-3-5-7-9-11-13-15-16-17-30-33-37-41-45-49-53-57-63(68)69-58-54-50-46-42-38-34-31-28-26-24-22-20-18-19-21-23-25-27-29-32-36-40-44-48-52-56-62(67)64-60(59-65)61(66)55-51-47-43-39-35-14-12-10-8-6-4-2/h13,15,17,19-22,30,60-61,65-66H,3-12,14,16,18,23-29,31-59H2,1-2H3,(H,64,67)/b15-13-,21-19-,22-20-,30-17-. The van der Waals surface area contributed by atoms with Crippen LogP contribution in [-0.2, 0) is 14.3 Å². The van der Waals surface area contributed by atoms with Gasteiger partial charge in [-0.1, -0.05) is 262 Å². The van der Waals surface area contributed by atoms with Gasteiger partial charge in [-0.2, -0.15) is 0 Å². The molecule has 0 aromatic heterocycles. The predicted octanol–water partition coefficient (Wildman–Crippen LogP) is 19.0. The lowest BCUT2D eigenvalue weighted by molar-refractivity contribution is -0.143. The molecular weight excluding hydrogens is 851 g/mol. The minimum absolute atomic E-state index is 0.00489. The Kier molecular flexibility index (Phi) is 56.5. The molecule has 6 nitrogen and oxygen atoms in total. The van der Waals surface area contributed by atoms with Gasteiger partial charge in [-0.05, 0) is 89.9 Å². The predicted molar refractivity (Wildman–Crippen MR) is 301 cm³/mol. The number of unbranched alkanes of at least 4 members (excludes halogenated alkanes) is 37. The molecule has 0 spiro atoms. The van der Waals surface area contributed by atoms with E-state index in [0.717, 1.165) is 57.8 Å². The van der Waals surface area contributed by atoms with E-state index in [-0.39, 0.29) is 18.5 Å². The molecule has 0 rings (SSSR count). The Morgan fingerprint density at radius 1 is 0.406 bits per heavy atom. The first-order valence-corrected chi connectivity index (χ1v) is 30.4. The number of allylic oxidation sites excluding steroid dienone is 8. The number of nitrogens with one attached hydrogen (secondary N) is 1. The first kappa shape index (κ1) is 66.8. The van der Waals surface area contributed by atoms with E-state index in [1.807, 2.05) is 0 Å². The Labute approximate surface area is 429 Å². The van der Waals surface area contributed by atoms with Crippen molar-refractivity contribution in [3.8, 4) is 0 Å². The number of aliphatic hydroxyl groups excluding tert-OH is 2. The fraction of sp³-hybridized carbons (Fsp3) is 0.841. The van der Waals surface area contributed by atoms with Crippen LogP contribution in [0.25, 0.3) is 0 Å². The van der Waals surface area contributed by atoms with Crippen LogP contribution in [0.3, 0.4) is 0 Å². The molecule has 0 aliphatic rings. The van der Waals surface area contributed by atoms with E-state index in [1.54, 1.807) is 0 Å². The molecule has 2 unspecified atom stereocenters. The molecule has 2 atom stereocenters. The zero-order valence-corrected chi connectivity index (χ0v) is 46.0. The Hall–Kier alpha value is -2.18. The van der Waals surface area contributed by atoms with Crippen molar-refractivity contribution >= 4 is 11.9 Å². The van der Waals surface area contributed by atoms with E-state index in [9.17, 15) is 19.8 Å². The first-order valence-electron chi connectivity index (χ1n) is 30.4. The molecule has 69 heavy (non-hydrogen) atoms. The third-order valence-corrected chi connectivity index (χ3v) is 13.9. The van der Waals surface area contributed by atoms with Gasteiger partial charge in [0.2, 0.25) is 5.91 Å². The van der Waals surface area contributed by atoms with Crippen molar-refractivity contribution in [3.05, 3.63) is 48.6 Å². The highest BCUT2D eigenvalue weighted by Crippen LogP contribution is 2.16. The summed E-state index contributed by atoms with van der Waals surface area (Å²) in [5.41, 5.74) is 0.